The molecule has 0 N–H and O–H groups in total. The van der Waals surface area contributed by atoms with Crippen molar-refractivity contribution in [3.63, 3.8) is 0 Å². The zero-order valence-corrected chi connectivity index (χ0v) is 16.2. The van der Waals surface area contributed by atoms with Gasteiger partial charge in [-0.2, -0.15) is 0 Å². The van der Waals surface area contributed by atoms with E-state index in [-0.39, 0.29) is 5.78 Å². The van der Waals surface area contributed by atoms with E-state index < -0.39 is 12.6 Å². The summed E-state index contributed by atoms with van der Waals surface area (Å²) in [5.74, 6) is -0.511. The molecule has 0 aliphatic carbocycles. The number of ether oxygens (including phenoxy) is 2. The Kier molecular flexibility index (Phi) is 5.48. The van der Waals surface area contributed by atoms with Gasteiger partial charge < -0.3 is 9.47 Å². The van der Waals surface area contributed by atoms with Gasteiger partial charge in [-0.15, -0.1) is 0 Å². The van der Waals surface area contributed by atoms with Crippen LogP contribution in [0.1, 0.15) is 20.7 Å². The minimum Gasteiger partial charge on any atom is -0.496 e. The molecule has 4 rings (SSSR count). The molecule has 0 unspecified atom stereocenters. The van der Waals surface area contributed by atoms with Gasteiger partial charge in [-0.25, -0.2) is 9.78 Å². The van der Waals surface area contributed by atoms with Crippen LogP contribution < -0.4 is 4.74 Å². The van der Waals surface area contributed by atoms with Crippen LogP contribution in [0.5, 0.6) is 5.75 Å². The van der Waals surface area contributed by atoms with E-state index in [0.717, 1.165) is 0 Å². The van der Waals surface area contributed by atoms with Gasteiger partial charge in [0, 0.05) is 11.6 Å². The third-order valence-corrected chi connectivity index (χ3v) is 4.61. The number of hydrogen-bond acceptors (Lipinski definition) is 6. The highest BCUT2D eigenvalue weighted by molar-refractivity contribution is 6.06. The molecule has 4 aromatic rings. The summed E-state index contributed by atoms with van der Waals surface area (Å²) in [6, 6.07) is 21.2. The number of fused-ring (bicyclic) bond motifs is 1. The number of methoxy groups -OCH3 is 1. The highest BCUT2D eigenvalue weighted by Crippen LogP contribution is 2.24. The molecule has 0 bridgehead atoms. The Bertz CT molecular complexity index is 1220. The van der Waals surface area contributed by atoms with Gasteiger partial charge in [0.05, 0.1) is 35.1 Å². The summed E-state index contributed by atoms with van der Waals surface area (Å²) in [5.41, 5.74) is 2.53. The van der Waals surface area contributed by atoms with Crippen LogP contribution in [0.25, 0.3) is 22.3 Å². The maximum Gasteiger partial charge on any atom is 0.339 e. The van der Waals surface area contributed by atoms with Crippen molar-refractivity contribution >= 4 is 22.7 Å². The zero-order valence-electron chi connectivity index (χ0n) is 16.2. The molecule has 0 aliphatic heterocycles. The number of pyridine rings is 2. The fourth-order valence-electron chi connectivity index (χ4n) is 3.15. The number of para-hydroxylation sites is 2. The first-order valence-electron chi connectivity index (χ1n) is 9.32. The molecule has 2 heterocycles. The number of carbonyl (C=O) groups is 2. The minimum atomic E-state index is -0.603. The van der Waals surface area contributed by atoms with Crippen molar-refractivity contribution in [1.82, 2.24) is 9.97 Å². The summed E-state index contributed by atoms with van der Waals surface area (Å²) >= 11 is 0. The average molecular weight is 398 g/mol. The van der Waals surface area contributed by atoms with Gasteiger partial charge in [-0.3, -0.25) is 9.78 Å². The second-order valence-electron chi connectivity index (χ2n) is 6.49. The standard InChI is InChI=1S/C24H18N2O4/c1-29-23-12-5-3-9-17(23)22(27)15-30-24(28)18-14-21(20-11-6-7-13-25-20)26-19-10-4-2-8-16(18)19/h2-14H,15H2,1H3. The van der Waals surface area contributed by atoms with Gasteiger partial charge >= 0.3 is 5.97 Å². The molecule has 6 heteroatoms. The molecule has 0 saturated heterocycles. The summed E-state index contributed by atoms with van der Waals surface area (Å²) in [6.07, 6.45) is 1.66. The van der Waals surface area contributed by atoms with E-state index in [1.165, 1.54) is 7.11 Å². The first kappa shape index (κ1) is 19.3. The number of aromatic nitrogens is 2. The number of nitrogens with zero attached hydrogens (tertiary/aromatic N) is 2. The quantitative estimate of drug-likeness (QED) is 0.355. The molecule has 0 aliphatic rings. The fourth-order valence-corrected chi connectivity index (χ4v) is 3.15. The molecule has 6 nitrogen and oxygen atoms in total. The Morgan fingerprint density at radius 1 is 0.867 bits per heavy atom. The second kappa shape index (κ2) is 8.53. The normalized spacial score (nSPS) is 10.6. The number of carbonyl (C=O) groups excluding carboxylic acids is 2. The maximum atomic E-state index is 12.9. The maximum absolute atomic E-state index is 12.9. The number of benzene rings is 2. The van der Waals surface area contributed by atoms with Gasteiger partial charge in [0.15, 0.2) is 6.61 Å². The minimum absolute atomic E-state index is 0.328. The Labute approximate surface area is 173 Å². The van der Waals surface area contributed by atoms with Crippen LogP contribution in [-0.4, -0.2) is 35.4 Å². The molecule has 0 saturated carbocycles. The summed E-state index contributed by atoms with van der Waals surface area (Å²) in [6.45, 7) is -0.394. The van der Waals surface area contributed by atoms with Crippen molar-refractivity contribution < 1.29 is 19.1 Å². The first-order valence-corrected chi connectivity index (χ1v) is 9.32. The molecule has 2 aromatic carbocycles. The van der Waals surface area contributed by atoms with E-state index in [9.17, 15) is 9.59 Å². The monoisotopic (exact) mass is 398 g/mol. The van der Waals surface area contributed by atoms with Crippen molar-refractivity contribution in [3.8, 4) is 17.1 Å². The van der Waals surface area contributed by atoms with Crippen LogP contribution in [-0.2, 0) is 4.74 Å². The van der Waals surface area contributed by atoms with Crippen molar-refractivity contribution in [1.29, 1.82) is 0 Å². The van der Waals surface area contributed by atoms with E-state index in [0.29, 0.717) is 39.2 Å². The lowest BCUT2D eigenvalue weighted by Gasteiger charge is -2.10. The van der Waals surface area contributed by atoms with Crippen LogP contribution in [0.2, 0.25) is 0 Å². The van der Waals surface area contributed by atoms with Gasteiger partial charge in [-0.1, -0.05) is 36.4 Å². The molecule has 0 radical (unpaired) electrons. The highest BCUT2D eigenvalue weighted by Gasteiger charge is 2.18. The molecule has 2 aromatic heterocycles. The van der Waals surface area contributed by atoms with Gasteiger partial charge in [0.2, 0.25) is 5.78 Å². The molecular formula is C24H18N2O4. The smallest absolute Gasteiger partial charge is 0.339 e. The fraction of sp³-hybridized carbons (Fsp3) is 0.0833. The lowest BCUT2D eigenvalue weighted by Crippen LogP contribution is -2.15. The van der Waals surface area contributed by atoms with Gasteiger partial charge in [0.25, 0.3) is 0 Å². The van der Waals surface area contributed by atoms with Crippen molar-refractivity contribution in [3.05, 3.63) is 90.1 Å². The number of rotatable bonds is 6. The summed E-state index contributed by atoms with van der Waals surface area (Å²) in [7, 11) is 1.49. The third kappa shape index (κ3) is 3.89. The number of esters is 1. The molecule has 148 valence electrons. The third-order valence-electron chi connectivity index (χ3n) is 4.61. The van der Waals surface area contributed by atoms with E-state index >= 15 is 0 Å². The Morgan fingerprint density at radius 3 is 2.43 bits per heavy atom. The second-order valence-corrected chi connectivity index (χ2v) is 6.49. The van der Waals surface area contributed by atoms with Crippen LogP contribution in [0.3, 0.4) is 0 Å². The average Bonchev–Trinajstić information content (AvgIpc) is 2.82. The molecule has 30 heavy (non-hydrogen) atoms. The van der Waals surface area contributed by atoms with E-state index in [1.807, 2.05) is 36.4 Å². The lowest BCUT2D eigenvalue weighted by atomic mass is 10.1. The predicted molar refractivity (Wildman–Crippen MR) is 113 cm³/mol. The van der Waals surface area contributed by atoms with Crippen molar-refractivity contribution in [2.45, 2.75) is 0 Å². The van der Waals surface area contributed by atoms with Crippen molar-refractivity contribution in [2.24, 2.45) is 0 Å². The number of hydrogen-bond donors (Lipinski definition) is 0. The Balaban J connectivity index is 1.63. The summed E-state index contributed by atoms with van der Waals surface area (Å²) in [4.78, 5) is 34.3. The Morgan fingerprint density at radius 2 is 1.63 bits per heavy atom. The van der Waals surface area contributed by atoms with Crippen LogP contribution >= 0.6 is 0 Å². The van der Waals surface area contributed by atoms with E-state index in [1.54, 1.807) is 42.6 Å². The summed E-state index contributed by atoms with van der Waals surface area (Å²) in [5, 5.41) is 0.645. The van der Waals surface area contributed by atoms with E-state index in [2.05, 4.69) is 9.97 Å². The zero-order chi connectivity index (χ0) is 20.9. The Hall–Kier alpha value is -4.06. The summed E-state index contributed by atoms with van der Waals surface area (Å²) < 4.78 is 10.6. The van der Waals surface area contributed by atoms with Gasteiger partial charge in [0.1, 0.15) is 5.75 Å². The van der Waals surface area contributed by atoms with Gasteiger partial charge in [-0.05, 0) is 36.4 Å². The lowest BCUT2D eigenvalue weighted by molar-refractivity contribution is 0.0476. The SMILES string of the molecule is COc1ccccc1C(=O)COC(=O)c1cc(-c2ccccn2)nc2ccccc12. The highest BCUT2D eigenvalue weighted by atomic mass is 16.5. The van der Waals surface area contributed by atoms with Crippen molar-refractivity contribution in [2.75, 3.05) is 13.7 Å². The molecule has 0 atom stereocenters. The van der Waals surface area contributed by atoms with Crippen LogP contribution in [0.4, 0.5) is 0 Å². The predicted octanol–water partition coefficient (Wildman–Crippen LogP) is 4.35. The van der Waals surface area contributed by atoms with E-state index in [4.69, 9.17) is 9.47 Å². The van der Waals surface area contributed by atoms with Crippen LogP contribution in [0, 0.1) is 0 Å². The molecule has 0 fully saturated rings. The molecular weight excluding hydrogens is 380 g/mol. The van der Waals surface area contributed by atoms with Crippen LogP contribution in [0.15, 0.2) is 79.0 Å². The number of Topliss-reactive ketones (excluding diaryl/α,β-unsaturated/α-hetero) is 1. The first-order chi connectivity index (χ1) is 14.7. The molecule has 0 spiro atoms. The number of ketones is 1. The molecule has 0 amide bonds. The largest absolute Gasteiger partial charge is 0.496 e. The topological polar surface area (TPSA) is 78.4 Å².